The minimum Gasteiger partial charge on any atom is -0.343 e. The van der Waals surface area contributed by atoms with Crippen molar-refractivity contribution in [2.24, 2.45) is 0 Å². The number of nitrogens with zero attached hydrogens (tertiary/aromatic N) is 1. The fraction of sp³-hybridized carbons (Fsp3) is 0.333. The van der Waals surface area contributed by atoms with E-state index < -0.39 is 35.2 Å². The van der Waals surface area contributed by atoms with E-state index in [0.29, 0.717) is 6.42 Å². The molecule has 1 aliphatic heterocycles. The third-order valence-electron chi connectivity index (χ3n) is 2.82. The van der Waals surface area contributed by atoms with Gasteiger partial charge >= 0.3 is 0 Å². The van der Waals surface area contributed by atoms with Crippen LogP contribution in [-0.2, 0) is 9.59 Å². The first-order valence-electron chi connectivity index (χ1n) is 5.59. The van der Waals surface area contributed by atoms with E-state index in [1.807, 2.05) is 0 Å². The highest BCUT2D eigenvalue weighted by atomic mass is 19.1. The fourth-order valence-corrected chi connectivity index (χ4v) is 1.92. The maximum absolute atomic E-state index is 13.6. The number of rotatable bonds is 2. The summed E-state index contributed by atoms with van der Waals surface area (Å²) in [6.45, 7) is 1.34. The Kier molecular flexibility index (Phi) is 3.27. The van der Waals surface area contributed by atoms with E-state index in [9.17, 15) is 18.4 Å². The van der Waals surface area contributed by atoms with E-state index >= 15 is 0 Å². The van der Waals surface area contributed by atoms with Crippen LogP contribution in [0.4, 0.5) is 14.5 Å². The van der Waals surface area contributed by atoms with Gasteiger partial charge in [0, 0.05) is 0 Å². The number of anilines is 1. The van der Waals surface area contributed by atoms with Gasteiger partial charge in [-0.05, 0) is 18.6 Å². The van der Waals surface area contributed by atoms with E-state index in [0.717, 1.165) is 17.0 Å². The first kappa shape index (κ1) is 12.5. The third kappa shape index (κ3) is 2.05. The van der Waals surface area contributed by atoms with Crippen LogP contribution in [0, 0.1) is 11.6 Å². The summed E-state index contributed by atoms with van der Waals surface area (Å²) in [7, 11) is 0. The standard InChI is InChI=1S/C12H12F2N2O2/c1-2-9-12(18)16(6-10(17)15-9)11-7(13)4-3-5-8(11)14/h3-5,9H,2,6H2,1H3,(H,15,17). The summed E-state index contributed by atoms with van der Waals surface area (Å²) >= 11 is 0. The van der Waals surface area contributed by atoms with Gasteiger partial charge in [0.1, 0.15) is 29.9 Å². The van der Waals surface area contributed by atoms with Crippen LogP contribution in [0.5, 0.6) is 0 Å². The number of piperazine rings is 1. The molecule has 4 nitrogen and oxygen atoms in total. The fourth-order valence-electron chi connectivity index (χ4n) is 1.92. The molecule has 0 spiro atoms. The van der Waals surface area contributed by atoms with Crippen molar-refractivity contribution in [3.63, 3.8) is 0 Å². The second kappa shape index (κ2) is 4.72. The molecule has 1 N–H and O–H groups in total. The smallest absolute Gasteiger partial charge is 0.250 e. The highest BCUT2D eigenvalue weighted by Gasteiger charge is 2.34. The van der Waals surface area contributed by atoms with Crippen LogP contribution < -0.4 is 10.2 Å². The summed E-state index contributed by atoms with van der Waals surface area (Å²) in [6, 6.07) is 2.59. The predicted molar refractivity (Wildman–Crippen MR) is 60.9 cm³/mol. The van der Waals surface area contributed by atoms with Gasteiger partial charge in [-0.2, -0.15) is 0 Å². The van der Waals surface area contributed by atoms with Crippen LogP contribution >= 0.6 is 0 Å². The molecule has 1 atom stereocenters. The average Bonchev–Trinajstić information content (AvgIpc) is 2.32. The summed E-state index contributed by atoms with van der Waals surface area (Å²) in [4.78, 5) is 24.3. The lowest BCUT2D eigenvalue weighted by Crippen LogP contribution is -2.58. The van der Waals surface area contributed by atoms with Gasteiger partial charge in [-0.15, -0.1) is 0 Å². The summed E-state index contributed by atoms with van der Waals surface area (Å²) in [6.07, 6.45) is 0.372. The lowest BCUT2D eigenvalue weighted by atomic mass is 10.1. The zero-order valence-electron chi connectivity index (χ0n) is 9.74. The Hall–Kier alpha value is -1.98. The van der Waals surface area contributed by atoms with Crippen LogP contribution in [-0.4, -0.2) is 24.4 Å². The van der Waals surface area contributed by atoms with Crippen molar-refractivity contribution in [2.75, 3.05) is 11.4 Å². The molecule has 1 unspecified atom stereocenters. The molecule has 96 valence electrons. The molecule has 1 heterocycles. The minimum absolute atomic E-state index is 0.368. The van der Waals surface area contributed by atoms with Crippen molar-refractivity contribution in [1.82, 2.24) is 5.32 Å². The molecule has 0 saturated carbocycles. The molecule has 0 aromatic heterocycles. The maximum Gasteiger partial charge on any atom is 0.250 e. The van der Waals surface area contributed by atoms with Gasteiger partial charge in [0.15, 0.2) is 0 Å². The lowest BCUT2D eigenvalue weighted by Gasteiger charge is -2.32. The Morgan fingerprint density at radius 2 is 1.94 bits per heavy atom. The van der Waals surface area contributed by atoms with Gasteiger partial charge in [0.05, 0.1) is 0 Å². The number of benzene rings is 1. The van der Waals surface area contributed by atoms with Crippen LogP contribution in [0.3, 0.4) is 0 Å². The number of carbonyl (C=O) groups excluding carboxylic acids is 2. The van der Waals surface area contributed by atoms with E-state index in [1.54, 1.807) is 6.92 Å². The number of amides is 2. The molecular weight excluding hydrogens is 242 g/mol. The Bertz CT molecular complexity index is 485. The Labute approximate surface area is 103 Å². The molecule has 0 radical (unpaired) electrons. The van der Waals surface area contributed by atoms with Crippen LogP contribution in [0.1, 0.15) is 13.3 Å². The predicted octanol–water partition coefficient (Wildman–Crippen LogP) is 1.21. The normalized spacial score (nSPS) is 19.9. The van der Waals surface area contributed by atoms with Gasteiger partial charge in [0.25, 0.3) is 0 Å². The molecule has 2 rings (SSSR count). The van der Waals surface area contributed by atoms with Crippen molar-refractivity contribution in [3.8, 4) is 0 Å². The molecule has 0 bridgehead atoms. The zero-order valence-corrected chi connectivity index (χ0v) is 9.74. The number of halogens is 2. The molecule has 1 aromatic rings. The van der Waals surface area contributed by atoms with Crippen molar-refractivity contribution in [3.05, 3.63) is 29.8 Å². The minimum atomic E-state index is -0.854. The van der Waals surface area contributed by atoms with Gasteiger partial charge in [-0.1, -0.05) is 13.0 Å². The summed E-state index contributed by atoms with van der Waals surface area (Å²) < 4.78 is 27.2. The van der Waals surface area contributed by atoms with E-state index in [2.05, 4.69) is 5.32 Å². The molecule has 6 heteroatoms. The zero-order chi connectivity index (χ0) is 13.3. The number of carbonyl (C=O) groups is 2. The molecule has 1 fully saturated rings. The molecule has 2 amide bonds. The largest absolute Gasteiger partial charge is 0.343 e. The second-order valence-electron chi connectivity index (χ2n) is 4.02. The number of nitrogens with one attached hydrogen (secondary N) is 1. The summed E-state index contributed by atoms with van der Waals surface area (Å²) in [5.74, 6) is -2.63. The molecular formula is C12H12F2N2O2. The number of hydrogen-bond acceptors (Lipinski definition) is 2. The topological polar surface area (TPSA) is 49.4 Å². The van der Waals surface area contributed by atoms with Gasteiger partial charge in [0.2, 0.25) is 11.8 Å². The van der Waals surface area contributed by atoms with E-state index in [4.69, 9.17) is 0 Å². The van der Waals surface area contributed by atoms with Crippen LogP contribution in [0.25, 0.3) is 0 Å². The van der Waals surface area contributed by atoms with E-state index in [-0.39, 0.29) is 6.54 Å². The van der Waals surface area contributed by atoms with Crippen molar-refractivity contribution in [1.29, 1.82) is 0 Å². The lowest BCUT2D eigenvalue weighted by molar-refractivity contribution is -0.131. The summed E-state index contributed by atoms with van der Waals surface area (Å²) in [5, 5.41) is 2.48. The molecule has 1 saturated heterocycles. The van der Waals surface area contributed by atoms with Crippen molar-refractivity contribution < 1.29 is 18.4 Å². The molecule has 1 aromatic carbocycles. The van der Waals surface area contributed by atoms with Crippen molar-refractivity contribution in [2.45, 2.75) is 19.4 Å². The first-order valence-corrected chi connectivity index (χ1v) is 5.59. The van der Waals surface area contributed by atoms with Crippen LogP contribution in [0.2, 0.25) is 0 Å². The average molecular weight is 254 g/mol. The van der Waals surface area contributed by atoms with Crippen LogP contribution in [0.15, 0.2) is 18.2 Å². The molecule has 0 aliphatic carbocycles. The SMILES string of the molecule is CCC1NC(=O)CN(c2c(F)cccc2F)C1=O. The second-order valence-corrected chi connectivity index (χ2v) is 4.02. The van der Waals surface area contributed by atoms with Gasteiger partial charge < -0.3 is 5.32 Å². The Balaban J connectivity index is 2.42. The maximum atomic E-state index is 13.6. The first-order chi connectivity index (χ1) is 8.54. The summed E-state index contributed by atoms with van der Waals surface area (Å²) in [5.41, 5.74) is -0.462. The monoisotopic (exact) mass is 254 g/mol. The van der Waals surface area contributed by atoms with Gasteiger partial charge in [-0.25, -0.2) is 8.78 Å². The molecule has 1 aliphatic rings. The number of hydrogen-bond donors (Lipinski definition) is 1. The number of para-hydroxylation sites is 1. The quantitative estimate of drug-likeness (QED) is 0.862. The van der Waals surface area contributed by atoms with Gasteiger partial charge in [-0.3, -0.25) is 14.5 Å². The van der Waals surface area contributed by atoms with E-state index in [1.165, 1.54) is 6.07 Å². The Morgan fingerprint density at radius 3 is 2.50 bits per heavy atom. The highest BCUT2D eigenvalue weighted by Crippen LogP contribution is 2.25. The highest BCUT2D eigenvalue weighted by molar-refractivity contribution is 6.06. The van der Waals surface area contributed by atoms with Crippen molar-refractivity contribution >= 4 is 17.5 Å². The molecule has 18 heavy (non-hydrogen) atoms. The Morgan fingerprint density at radius 1 is 1.33 bits per heavy atom. The third-order valence-corrected chi connectivity index (χ3v) is 2.82.